The highest BCUT2D eigenvalue weighted by Gasteiger charge is 2.29. The fourth-order valence-corrected chi connectivity index (χ4v) is 3.50. The van der Waals surface area contributed by atoms with Crippen molar-refractivity contribution in [3.8, 4) is 0 Å². The predicted octanol–water partition coefficient (Wildman–Crippen LogP) is 4.19. The molecule has 0 aliphatic carbocycles. The topological polar surface area (TPSA) is 56.0 Å². The quantitative estimate of drug-likeness (QED) is 0.490. The number of nitrogens with one attached hydrogen (secondary N) is 1. The van der Waals surface area contributed by atoms with Crippen molar-refractivity contribution >= 4 is 16.8 Å². The van der Waals surface area contributed by atoms with Gasteiger partial charge in [-0.1, -0.05) is 42.5 Å². The number of pyridine rings is 1. The summed E-state index contributed by atoms with van der Waals surface area (Å²) >= 11 is 0. The molecule has 0 atom stereocenters. The number of alkyl halides is 3. The van der Waals surface area contributed by atoms with E-state index in [1.807, 2.05) is 47.2 Å². The van der Waals surface area contributed by atoms with Crippen molar-refractivity contribution in [3.05, 3.63) is 106 Å². The van der Waals surface area contributed by atoms with Crippen LogP contribution in [0.25, 0.3) is 10.9 Å². The minimum absolute atomic E-state index is 0.0678. The molecule has 0 saturated carbocycles. The molecule has 8 heteroatoms. The number of hydrogen-bond donors (Lipinski definition) is 1. The van der Waals surface area contributed by atoms with Gasteiger partial charge < -0.3 is 14.5 Å². The maximum atomic E-state index is 13.0. The lowest BCUT2D eigenvalue weighted by molar-refractivity contribution is -0.137. The monoisotopic (exact) mass is 439 g/mol. The van der Waals surface area contributed by atoms with Gasteiger partial charge in [0.2, 0.25) is 5.91 Å². The average Bonchev–Trinajstić information content (AvgIpc) is 3.18. The first kappa shape index (κ1) is 21.4. The number of fused-ring (bicyclic) bond motifs is 1. The summed E-state index contributed by atoms with van der Waals surface area (Å²) in [6, 6.07) is 17.9. The van der Waals surface area contributed by atoms with Crippen LogP contribution in [-0.2, 0) is 30.6 Å². The average molecular weight is 439 g/mol. The summed E-state index contributed by atoms with van der Waals surface area (Å²) in [7, 11) is 0. The lowest BCUT2D eigenvalue weighted by Crippen LogP contribution is -2.32. The van der Waals surface area contributed by atoms with Crippen LogP contribution in [0.2, 0.25) is 0 Å². The van der Waals surface area contributed by atoms with Gasteiger partial charge in [-0.25, -0.2) is 0 Å². The van der Waals surface area contributed by atoms with Crippen molar-refractivity contribution in [2.24, 2.45) is 0 Å². The van der Waals surface area contributed by atoms with E-state index >= 15 is 0 Å². The van der Waals surface area contributed by atoms with Gasteiger partial charge in [-0.15, -0.1) is 0 Å². The molecule has 5 nitrogen and oxygen atoms in total. The molecule has 0 saturated heterocycles. The van der Waals surface area contributed by atoms with Gasteiger partial charge in [-0.05, 0) is 35.4 Å². The Kier molecular flexibility index (Phi) is 5.85. The summed E-state index contributed by atoms with van der Waals surface area (Å²) in [5, 5.41) is 3.43. The lowest BCUT2D eigenvalue weighted by atomic mass is 10.1. The first-order valence-corrected chi connectivity index (χ1v) is 9.96. The third-order valence-corrected chi connectivity index (χ3v) is 5.17. The summed E-state index contributed by atoms with van der Waals surface area (Å²) in [5.41, 5.74) is 1.06. The molecule has 0 radical (unpaired) electrons. The molecule has 2 heterocycles. The zero-order chi connectivity index (χ0) is 22.7. The van der Waals surface area contributed by atoms with E-state index in [0.29, 0.717) is 17.6 Å². The molecule has 4 aromatic rings. The summed E-state index contributed by atoms with van der Waals surface area (Å²) in [6.07, 6.45) is -0.997. The van der Waals surface area contributed by atoms with E-state index in [9.17, 15) is 22.8 Å². The zero-order valence-electron chi connectivity index (χ0n) is 17.0. The summed E-state index contributed by atoms with van der Waals surface area (Å²) in [6.45, 7) is 0.411. The van der Waals surface area contributed by atoms with Gasteiger partial charge in [0.25, 0.3) is 5.56 Å². The normalized spacial score (nSPS) is 11.6. The van der Waals surface area contributed by atoms with E-state index in [2.05, 4.69) is 5.32 Å². The zero-order valence-corrected chi connectivity index (χ0v) is 17.0. The number of rotatable bonds is 6. The van der Waals surface area contributed by atoms with E-state index in [1.165, 1.54) is 16.7 Å². The van der Waals surface area contributed by atoms with Crippen LogP contribution in [0, 0.1) is 0 Å². The van der Waals surface area contributed by atoms with Gasteiger partial charge in [0.1, 0.15) is 12.1 Å². The molecule has 2 aromatic carbocycles. The summed E-state index contributed by atoms with van der Waals surface area (Å²) in [4.78, 5) is 25.4. The van der Waals surface area contributed by atoms with Crippen LogP contribution < -0.4 is 10.9 Å². The van der Waals surface area contributed by atoms with E-state index in [4.69, 9.17) is 0 Å². The Bertz CT molecular complexity index is 1290. The third-order valence-electron chi connectivity index (χ3n) is 5.17. The second-order valence-corrected chi connectivity index (χ2v) is 7.45. The van der Waals surface area contributed by atoms with Crippen LogP contribution in [-0.4, -0.2) is 15.0 Å². The van der Waals surface area contributed by atoms with E-state index in [-0.39, 0.29) is 18.6 Å². The van der Waals surface area contributed by atoms with Crippen molar-refractivity contribution < 1.29 is 18.0 Å². The van der Waals surface area contributed by atoms with Gasteiger partial charge in [0.05, 0.1) is 5.56 Å². The number of carbonyl (C=O) groups excluding carboxylic acids is 1. The van der Waals surface area contributed by atoms with Crippen LogP contribution in [0.3, 0.4) is 0 Å². The number of carbonyl (C=O) groups is 1. The summed E-state index contributed by atoms with van der Waals surface area (Å²) in [5.74, 6) is -0.410. The highest BCUT2D eigenvalue weighted by atomic mass is 19.4. The minimum Gasteiger partial charge on any atom is -0.350 e. The molecular formula is C24H20F3N3O2. The molecule has 0 aliphatic rings. The van der Waals surface area contributed by atoms with Gasteiger partial charge in [0.15, 0.2) is 0 Å². The molecule has 0 aliphatic heterocycles. The number of halogens is 3. The fourth-order valence-electron chi connectivity index (χ4n) is 3.50. The first-order chi connectivity index (χ1) is 15.3. The van der Waals surface area contributed by atoms with Gasteiger partial charge >= 0.3 is 6.18 Å². The SMILES string of the molecule is O=C(Cn1ccc2ccn(Cc3ccccc3)c2c1=O)NCc1ccc(C(F)(F)F)cc1. The third kappa shape index (κ3) is 4.74. The van der Waals surface area contributed by atoms with Gasteiger partial charge in [-0.2, -0.15) is 13.2 Å². The number of hydrogen-bond acceptors (Lipinski definition) is 2. The highest BCUT2D eigenvalue weighted by Crippen LogP contribution is 2.29. The molecule has 32 heavy (non-hydrogen) atoms. The first-order valence-electron chi connectivity index (χ1n) is 9.96. The minimum atomic E-state index is -4.40. The maximum Gasteiger partial charge on any atom is 0.416 e. The number of nitrogens with zero attached hydrogens (tertiary/aromatic N) is 2. The maximum absolute atomic E-state index is 13.0. The van der Waals surface area contributed by atoms with Crippen LogP contribution in [0.4, 0.5) is 13.2 Å². The molecule has 0 unspecified atom stereocenters. The highest BCUT2D eigenvalue weighted by molar-refractivity contribution is 5.80. The molecular weight excluding hydrogens is 419 g/mol. The second kappa shape index (κ2) is 8.74. The van der Waals surface area contributed by atoms with Crippen molar-refractivity contribution in [2.45, 2.75) is 25.8 Å². The number of benzene rings is 2. The Balaban J connectivity index is 1.45. The Morgan fingerprint density at radius 1 is 0.844 bits per heavy atom. The van der Waals surface area contributed by atoms with Crippen molar-refractivity contribution in [3.63, 3.8) is 0 Å². The van der Waals surface area contributed by atoms with Gasteiger partial charge in [0, 0.05) is 30.9 Å². The predicted molar refractivity (Wildman–Crippen MR) is 115 cm³/mol. The molecule has 2 aromatic heterocycles. The number of aromatic nitrogens is 2. The van der Waals surface area contributed by atoms with Crippen LogP contribution in [0.15, 0.2) is 83.9 Å². The van der Waals surface area contributed by atoms with E-state index in [1.54, 1.807) is 12.3 Å². The molecule has 164 valence electrons. The molecule has 0 fully saturated rings. The molecule has 0 bridgehead atoms. The molecule has 4 rings (SSSR count). The second-order valence-electron chi connectivity index (χ2n) is 7.45. The lowest BCUT2D eigenvalue weighted by Gasteiger charge is -2.10. The van der Waals surface area contributed by atoms with Gasteiger partial charge in [-0.3, -0.25) is 9.59 Å². The van der Waals surface area contributed by atoms with Crippen molar-refractivity contribution in [1.82, 2.24) is 14.5 Å². The number of amides is 1. The standard InChI is InChI=1S/C24H20F3N3O2/c25-24(26,27)20-8-6-17(7-9-20)14-28-21(31)16-30-13-11-19-10-12-29(22(19)23(30)32)15-18-4-2-1-3-5-18/h1-13H,14-16H2,(H,28,31). The Hall–Kier alpha value is -3.81. The van der Waals surface area contributed by atoms with Crippen molar-refractivity contribution in [2.75, 3.05) is 0 Å². The summed E-state index contributed by atoms with van der Waals surface area (Å²) < 4.78 is 41.1. The van der Waals surface area contributed by atoms with Crippen LogP contribution >= 0.6 is 0 Å². The van der Waals surface area contributed by atoms with Crippen LogP contribution in [0.1, 0.15) is 16.7 Å². The Morgan fingerprint density at radius 2 is 1.50 bits per heavy atom. The molecule has 1 amide bonds. The largest absolute Gasteiger partial charge is 0.416 e. The van der Waals surface area contributed by atoms with Crippen LogP contribution in [0.5, 0.6) is 0 Å². The Labute approximate surface area is 181 Å². The molecule has 0 spiro atoms. The Morgan fingerprint density at radius 3 is 2.16 bits per heavy atom. The fraction of sp³-hybridized carbons (Fsp3) is 0.167. The van der Waals surface area contributed by atoms with E-state index < -0.39 is 17.6 Å². The van der Waals surface area contributed by atoms with Crippen molar-refractivity contribution in [1.29, 1.82) is 0 Å². The van der Waals surface area contributed by atoms with E-state index in [0.717, 1.165) is 23.1 Å². The smallest absolute Gasteiger partial charge is 0.350 e. The molecule has 1 N–H and O–H groups in total.